The van der Waals surface area contributed by atoms with Crippen molar-refractivity contribution in [1.82, 2.24) is 4.90 Å². The molecule has 10 nitrogen and oxygen atoms in total. The van der Waals surface area contributed by atoms with E-state index in [-0.39, 0.29) is 29.2 Å². The average Bonchev–Trinajstić information content (AvgIpc) is 2.75. The monoisotopic (exact) mass is 445 g/mol. The number of halogens is 2. The zero-order valence-corrected chi connectivity index (χ0v) is 16.2. The Bertz CT molecular complexity index is 1160. The number of nitrogens with zero attached hydrogens (tertiary/aromatic N) is 3. The Morgan fingerprint density at radius 3 is 2.44 bits per heavy atom. The molecular weight excluding hydrogens is 432 g/mol. The minimum absolute atomic E-state index is 0.0650. The molecule has 3 rings (SSSR count). The van der Waals surface area contributed by atoms with Gasteiger partial charge in [-0.15, -0.1) is 0 Å². The van der Waals surface area contributed by atoms with E-state index in [4.69, 9.17) is 4.74 Å². The van der Waals surface area contributed by atoms with E-state index in [0.29, 0.717) is 4.90 Å². The molecule has 1 atom stereocenters. The molecule has 2 aromatic rings. The second-order valence-electron chi connectivity index (χ2n) is 6.35. The summed E-state index contributed by atoms with van der Waals surface area (Å²) < 4.78 is 36.7. The van der Waals surface area contributed by atoms with Crippen molar-refractivity contribution >= 4 is 30.1 Å². The number of ether oxygens (including phenoxy) is 2. The van der Waals surface area contributed by atoms with Crippen molar-refractivity contribution in [3.05, 3.63) is 81.5 Å². The first-order chi connectivity index (χ1) is 15.2. The number of non-ortho nitro benzene ring substituents is 1. The molecule has 1 unspecified atom stereocenters. The number of rotatable bonds is 5. The third-order valence-corrected chi connectivity index (χ3v) is 4.26. The third-order valence-electron chi connectivity index (χ3n) is 4.26. The predicted octanol–water partition coefficient (Wildman–Crippen LogP) is 3.43. The Kier molecular flexibility index (Phi) is 6.33. The van der Waals surface area contributed by atoms with Crippen LogP contribution in [0.5, 0.6) is 5.75 Å². The molecule has 1 aliphatic heterocycles. The Hall–Kier alpha value is -4.48. The van der Waals surface area contributed by atoms with Gasteiger partial charge in [-0.05, 0) is 42.8 Å². The van der Waals surface area contributed by atoms with Crippen LogP contribution in [0.15, 0.2) is 59.2 Å². The van der Waals surface area contributed by atoms with Crippen LogP contribution in [0.1, 0.15) is 18.5 Å². The van der Waals surface area contributed by atoms with Gasteiger partial charge in [0.15, 0.2) is 11.6 Å². The molecule has 12 heteroatoms. The summed E-state index contributed by atoms with van der Waals surface area (Å²) in [5.41, 5.74) is 0.0324. The number of nitro benzene ring substituents is 1. The Balaban J connectivity index is 2.01. The van der Waals surface area contributed by atoms with Crippen LogP contribution >= 0.6 is 0 Å². The standard InChI is InChI=1S/C20H13F2N3O7/c1-11-8-17(12-2-7-15(21)16(22)9-12)24(18(23-11)19(27)31-10-26)20(28)32-14-5-3-13(4-6-14)25(29)30/h2-10,17H,1H3. The van der Waals surface area contributed by atoms with Crippen molar-refractivity contribution in [1.29, 1.82) is 0 Å². The van der Waals surface area contributed by atoms with Crippen LogP contribution in [-0.2, 0) is 14.3 Å². The van der Waals surface area contributed by atoms with Gasteiger partial charge in [-0.25, -0.2) is 28.3 Å². The average molecular weight is 445 g/mol. The lowest BCUT2D eigenvalue weighted by Crippen LogP contribution is -2.46. The number of hydrogen-bond acceptors (Lipinski definition) is 8. The Morgan fingerprint density at radius 2 is 1.84 bits per heavy atom. The number of aliphatic imine (C=N–C) groups is 1. The maximum atomic E-state index is 13.8. The van der Waals surface area contributed by atoms with E-state index < -0.39 is 40.5 Å². The number of carbonyl (C=O) groups is 3. The smallest absolute Gasteiger partial charge is 0.410 e. The molecule has 0 fully saturated rings. The predicted molar refractivity (Wildman–Crippen MR) is 103 cm³/mol. The van der Waals surface area contributed by atoms with Crippen LogP contribution in [0.25, 0.3) is 0 Å². The van der Waals surface area contributed by atoms with E-state index in [2.05, 4.69) is 9.73 Å². The topological polar surface area (TPSA) is 128 Å². The van der Waals surface area contributed by atoms with Gasteiger partial charge in [0.2, 0.25) is 5.84 Å². The van der Waals surface area contributed by atoms with Gasteiger partial charge in [0.05, 0.1) is 11.0 Å². The minimum atomic E-state index is -1.29. The summed E-state index contributed by atoms with van der Waals surface area (Å²) in [6.45, 7) is 1.31. The second-order valence-corrected chi connectivity index (χ2v) is 6.35. The molecule has 0 bridgehead atoms. The lowest BCUT2D eigenvalue weighted by atomic mass is 10.0. The molecule has 0 saturated carbocycles. The fraction of sp³-hybridized carbons (Fsp3) is 0.100. The molecule has 0 saturated heterocycles. The zero-order chi connectivity index (χ0) is 23.4. The number of esters is 1. The summed E-state index contributed by atoms with van der Waals surface area (Å²) in [4.78, 5) is 50.6. The molecule has 1 heterocycles. The number of nitro groups is 1. The highest BCUT2D eigenvalue weighted by atomic mass is 19.2. The van der Waals surface area contributed by atoms with E-state index >= 15 is 0 Å². The minimum Gasteiger partial charge on any atom is -0.410 e. The molecule has 1 amide bonds. The van der Waals surface area contributed by atoms with E-state index in [1.54, 1.807) is 0 Å². The molecule has 2 aromatic carbocycles. The lowest BCUT2D eigenvalue weighted by Gasteiger charge is -2.31. The summed E-state index contributed by atoms with van der Waals surface area (Å²) in [5.74, 6) is -4.37. The van der Waals surface area contributed by atoms with Gasteiger partial charge < -0.3 is 9.47 Å². The number of carbonyl (C=O) groups excluding carboxylic acids is 3. The molecule has 164 valence electrons. The van der Waals surface area contributed by atoms with Crippen molar-refractivity contribution in [2.45, 2.75) is 13.0 Å². The fourth-order valence-electron chi connectivity index (χ4n) is 2.86. The van der Waals surface area contributed by atoms with E-state index in [1.165, 1.54) is 19.1 Å². The molecule has 0 spiro atoms. The van der Waals surface area contributed by atoms with E-state index in [9.17, 15) is 33.3 Å². The first-order valence-corrected chi connectivity index (χ1v) is 8.83. The third kappa shape index (κ3) is 4.64. The number of amidine groups is 1. The van der Waals surface area contributed by atoms with Gasteiger partial charge in [-0.2, -0.15) is 0 Å². The van der Waals surface area contributed by atoms with Crippen LogP contribution in [-0.4, -0.2) is 34.2 Å². The van der Waals surface area contributed by atoms with Crippen LogP contribution in [0.2, 0.25) is 0 Å². The first kappa shape index (κ1) is 22.2. The van der Waals surface area contributed by atoms with Crippen LogP contribution in [0, 0.1) is 21.7 Å². The number of amides is 1. The first-order valence-electron chi connectivity index (χ1n) is 8.83. The Labute approximate surface area is 178 Å². The summed E-state index contributed by atoms with van der Waals surface area (Å²) in [7, 11) is 0. The summed E-state index contributed by atoms with van der Waals surface area (Å²) in [6, 6.07) is 6.14. The highest BCUT2D eigenvalue weighted by Gasteiger charge is 2.37. The van der Waals surface area contributed by atoms with Gasteiger partial charge in [0.1, 0.15) is 5.75 Å². The largest absolute Gasteiger partial charge is 0.422 e. The van der Waals surface area contributed by atoms with E-state index in [1.807, 2.05) is 0 Å². The lowest BCUT2D eigenvalue weighted by molar-refractivity contribution is -0.384. The molecule has 0 N–H and O–H groups in total. The molecular formula is C20H13F2N3O7. The maximum Gasteiger partial charge on any atom is 0.422 e. The van der Waals surface area contributed by atoms with Crippen molar-refractivity contribution < 1.29 is 37.6 Å². The van der Waals surface area contributed by atoms with Gasteiger partial charge in [-0.1, -0.05) is 6.07 Å². The Morgan fingerprint density at radius 1 is 1.16 bits per heavy atom. The number of allylic oxidation sites excluding steroid dienone is 1. The zero-order valence-electron chi connectivity index (χ0n) is 16.2. The summed E-state index contributed by atoms with van der Waals surface area (Å²) in [6.07, 6.45) is 0.181. The van der Waals surface area contributed by atoms with Crippen LogP contribution in [0.4, 0.5) is 19.3 Å². The number of benzene rings is 2. The fourth-order valence-corrected chi connectivity index (χ4v) is 2.86. The number of hydrogen-bond donors (Lipinski definition) is 0. The summed E-state index contributed by atoms with van der Waals surface area (Å²) in [5, 5.41) is 10.8. The quantitative estimate of drug-likeness (QED) is 0.227. The maximum absolute atomic E-state index is 13.8. The highest BCUT2D eigenvalue weighted by Crippen LogP contribution is 2.31. The van der Waals surface area contributed by atoms with Crippen molar-refractivity contribution in [2.24, 2.45) is 4.99 Å². The van der Waals surface area contributed by atoms with Crippen LogP contribution < -0.4 is 4.74 Å². The highest BCUT2D eigenvalue weighted by molar-refractivity contribution is 6.39. The summed E-state index contributed by atoms with van der Waals surface area (Å²) >= 11 is 0. The molecule has 0 aliphatic carbocycles. The van der Waals surface area contributed by atoms with Crippen molar-refractivity contribution in [3.8, 4) is 5.75 Å². The van der Waals surface area contributed by atoms with Gasteiger partial charge >= 0.3 is 18.5 Å². The normalized spacial score (nSPS) is 15.3. The van der Waals surface area contributed by atoms with Crippen molar-refractivity contribution in [2.75, 3.05) is 0 Å². The van der Waals surface area contributed by atoms with Gasteiger partial charge in [-0.3, -0.25) is 14.9 Å². The van der Waals surface area contributed by atoms with Gasteiger partial charge in [0.25, 0.3) is 5.69 Å². The second kappa shape index (κ2) is 9.12. The molecule has 1 aliphatic rings. The SMILES string of the molecule is CC1=CC(c2ccc(F)c(F)c2)N(C(=O)Oc2ccc([N+](=O)[O-])cc2)C(C(=O)OC=O)=N1. The van der Waals surface area contributed by atoms with Crippen molar-refractivity contribution in [3.63, 3.8) is 0 Å². The molecule has 32 heavy (non-hydrogen) atoms. The van der Waals surface area contributed by atoms with E-state index in [0.717, 1.165) is 36.4 Å². The van der Waals surface area contributed by atoms with Gasteiger partial charge in [0, 0.05) is 17.8 Å². The molecule has 0 radical (unpaired) electrons. The van der Waals surface area contributed by atoms with Crippen LogP contribution in [0.3, 0.4) is 0 Å². The molecule has 0 aromatic heterocycles.